The Bertz CT molecular complexity index is 1180. The zero-order valence-corrected chi connectivity index (χ0v) is 29.4. The molecule has 0 amide bonds. The summed E-state index contributed by atoms with van der Waals surface area (Å²) in [4.78, 5) is 12.7. The van der Waals surface area contributed by atoms with Crippen LogP contribution in [0.2, 0.25) is 0 Å². The SMILES string of the molecule is CCCCCCCCCCCCCCCCCCOC(C)c1ccc(-c2ccc(C(=O)Oc3ccc(CCCC)cc3)cc2)cc1. The molecular weight excluding hydrogens is 564 g/mol. The Morgan fingerprint density at radius 1 is 0.543 bits per heavy atom. The summed E-state index contributed by atoms with van der Waals surface area (Å²) >= 11 is 0. The molecule has 0 aliphatic heterocycles. The van der Waals surface area contributed by atoms with Crippen molar-refractivity contribution in [1.29, 1.82) is 0 Å². The van der Waals surface area contributed by atoms with E-state index in [1.165, 1.54) is 120 Å². The lowest BCUT2D eigenvalue weighted by atomic mass is 10.0. The normalized spacial score (nSPS) is 11.9. The first-order chi connectivity index (χ1) is 22.6. The van der Waals surface area contributed by atoms with Crippen LogP contribution in [0.15, 0.2) is 72.8 Å². The quantitative estimate of drug-likeness (QED) is 0.0533. The molecule has 1 atom stereocenters. The second-order valence-electron chi connectivity index (χ2n) is 13.2. The molecule has 252 valence electrons. The average molecular weight is 627 g/mol. The molecular formula is C43H62O3. The fourth-order valence-electron chi connectivity index (χ4n) is 6.02. The van der Waals surface area contributed by atoms with E-state index in [0.29, 0.717) is 11.3 Å². The van der Waals surface area contributed by atoms with Gasteiger partial charge in [-0.15, -0.1) is 0 Å². The van der Waals surface area contributed by atoms with Crippen molar-refractivity contribution in [2.45, 2.75) is 149 Å². The lowest BCUT2D eigenvalue weighted by molar-refractivity contribution is 0.0627. The predicted molar refractivity (Wildman–Crippen MR) is 196 cm³/mol. The fourth-order valence-corrected chi connectivity index (χ4v) is 6.02. The van der Waals surface area contributed by atoms with Gasteiger partial charge in [-0.05, 0) is 72.7 Å². The highest BCUT2D eigenvalue weighted by molar-refractivity contribution is 5.91. The average Bonchev–Trinajstić information content (AvgIpc) is 3.09. The van der Waals surface area contributed by atoms with Gasteiger partial charge in [0.05, 0.1) is 11.7 Å². The van der Waals surface area contributed by atoms with Crippen LogP contribution in [-0.4, -0.2) is 12.6 Å². The number of carbonyl (C=O) groups is 1. The van der Waals surface area contributed by atoms with E-state index in [1.54, 1.807) is 0 Å². The van der Waals surface area contributed by atoms with Crippen molar-refractivity contribution in [3.8, 4) is 16.9 Å². The Balaban J connectivity index is 1.24. The van der Waals surface area contributed by atoms with Crippen molar-refractivity contribution >= 4 is 5.97 Å². The van der Waals surface area contributed by atoms with E-state index >= 15 is 0 Å². The van der Waals surface area contributed by atoms with Crippen LogP contribution in [0.1, 0.15) is 164 Å². The van der Waals surface area contributed by atoms with Crippen LogP contribution in [0.3, 0.4) is 0 Å². The summed E-state index contributed by atoms with van der Waals surface area (Å²) in [6.07, 6.45) is 25.6. The van der Waals surface area contributed by atoms with Crippen molar-refractivity contribution in [2.75, 3.05) is 6.61 Å². The zero-order valence-electron chi connectivity index (χ0n) is 29.4. The molecule has 3 aromatic carbocycles. The van der Waals surface area contributed by atoms with E-state index in [1.807, 2.05) is 48.5 Å². The van der Waals surface area contributed by atoms with Crippen molar-refractivity contribution in [1.82, 2.24) is 0 Å². The summed E-state index contributed by atoms with van der Waals surface area (Å²) < 4.78 is 11.7. The number of carbonyl (C=O) groups excluding carboxylic acids is 1. The summed E-state index contributed by atoms with van der Waals surface area (Å²) in [6.45, 7) is 7.44. The van der Waals surface area contributed by atoms with Gasteiger partial charge in [0.25, 0.3) is 0 Å². The molecule has 3 heteroatoms. The van der Waals surface area contributed by atoms with Crippen LogP contribution < -0.4 is 4.74 Å². The first-order valence-electron chi connectivity index (χ1n) is 18.7. The number of benzene rings is 3. The third-order valence-corrected chi connectivity index (χ3v) is 9.15. The molecule has 0 N–H and O–H groups in total. The van der Waals surface area contributed by atoms with E-state index in [2.05, 4.69) is 45.0 Å². The summed E-state index contributed by atoms with van der Waals surface area (Å²) in [6, 6.07) is 24.1. The maximum Gasteiger partial charge on any atom is 0.343 e. The molecule has 46 heavy (non-hydrogen) atoms. The number of hydrogen-bond donors (Lipinski definition) is 0. The van der Waals surface area contributed by atoms with Gasteiger partial charge in [-0.25, -0.2) is 4.79 Å². The highest BCUT2D eigenvalue weighted by Crippen LogP contribution is 2.25. The van der Waals surface area contributed by atoms with E-state index in [0.717, 1.165) is 30.6 Å². The van der Waals surface area contributed by atoms with Gasteiger partial charge in [0.2, 0.25) is 0 Å². The smallest absolute Gasteiger partial charge is 0.343 e. The van der Waals surface area contributed by atoms with Gasteiger partial charge in [-0.3, -0.25) is 0 Å². The molecule has 0 aromatic heterocycles. The first-order valence-corrected chi connectivity index (χ1v) is 18.7. The summed E-state index contributed by atoms with van der Waals surface area (Å²) in [5, 5.41) is 0. The lowest BCUT2D eigenvalue weighted by Gasteiger charge is -2.14. The third-order valence-electron chi connectivity index (χ3n) is 9.15. The van der Waals surface area contributed by atoms with Gasteiger partial charge < -0.3 is 9.47 Å². The number of esters is 1. The van der Waals surface area contributed by atoms with Crippen LogP contribution in [-0.2, 0) is 11.2 Å². The maximum atomic E-state index is 12.7. The van der Waals surface area contributed by atoms with Crippen molar-refractivity contribution in [2.24, 2.45) is 0 Å². The van der Waals surface area contributed by atoms with Gasteiger partial charge in [0, 0.05) is 6.61 Å². The van der Waals surface area contributed by atoms with E-state index in [-0.39, 0.29) is 12.1 Å². The Hall–Kier alpha value is -2.91. The molecule has 0 spiro atoms. The van der Waals surface area contributed by atoms with Crippen LogP contribution >= 0.6 is 0 Å². The Kier molecular flexibility index (Phi) is 19.1. The zero-order chi connectivity index (χ0) is 32.7. The molecule has 0 aliphatic rings. The molecule has 1 unspecified atom stereocenters. The fraction of sp³-hybridized carbons (Fsp3) is 0.558. The van der Waals surface area contributed by atoms with Gasteiger partial charge in [0.15, 0.2) is 0 Å². The lowest BCUT2D eigenvalue weighted by Crippen LogP contribution is -2.08. The maximum absolute atomic E-state index is 12.7. The monoisotopic (exact) mass is 626 g/mol. The highest BCUT2D eigenvalue weighted by atomic mass is 16.5. The molecule has 0 radical (unpaired) electrons. The van der Waals surface area contributed by atoms with Gasteiger partial charge in [-0.2, -0.15) is 0 Å². The Labute approximate surface area is 281 Å². The second kappa shape index (κ2) is 23.4. The molecule has 0 fully saturated rings. The standard InChI is InChI=1S/C43H62O3/c1-4-6-8-9-10-11-12-13-14-15-16-17-18-19-20-21-35-45-36(3)38-25-27-39(28-26-38)40-29-31-41(32-30-40)43(44)46-42-33-23-37(24-34-42)22-7-5-2/h23-34,36H,4-22,35H2,1-3H3. The van der Waals surface area contributed by atoms with Crippen LogP contribution in [0.25, 0.3) is 11.1 Å². The minimum absolute atomic E-state index is 0.0863. The van der Waals surface area contributed by atoms with Gasteiger partial charge in [0.1, 0.15) is 5.75 Å². The number of unbranched alkanes of at least 4 members (excludes halogenated alkanes) is 16. The Morgan fingerprint density at radius 2 is 1.00 bits per heavy atom. The van der Waals surface area contributed by atoms with Crippen molar-refractivity contribution in [3.63, 3.8) is 0 Å². The number of hydrogen-bond acceptors (Lipinski definition) is 3. The van der Waals surface area contributed by atoms with E-state index in [4.69, 9.17) is 9.47 Å². The molecule has 0 saturated heterocycles. The molecule has 0 saturated carbocycles. The van der Waals surface area contributed by atoms with Gasteiger partial charge >= 0.3 is 5.97 Å². The van der Waals surface area contributed by atoms with Crippen molar-refractivity contribution in [3.05, 3.63) is 89.5 Å². The highest BCUT2D eigenvalue weighted by Gasteiger charge is 2.10. The number of rotatable bonds is 25. The second-order valence-corrected chi connectivity index (χ2v) is 13.2. The topological polar surface area (TPSA) is 35.5 Å². The molecule has 3 aromatic rings. The van der Waals surface area contributed by atoms with Crippen molar-refractivity contribution < 1.29 is 14.3 Å². The minimum Gasteiger partial charge on any atom is -0.423 e. The minimum atomic E-state index is -0.335. The van der Waals surface area contributed by atoms with Crippen LogP contribution in [0.4, 0.5) is 0 Å². The van der Waals surface area contributed by atoms with Gasteiger partial charge in [-0.1, -0.05) is 165 Å². The number of aryl methyl sites for hydroxylation is 1. The molecule has 3 rings (SSSR count). The van der Waals surface area contributed by atoms with Crippen LogP contribution in [0.5, 0.6) is 5.75 Å². The number of ether oxygens (including phenoxy) is 2. The predicted octanol–water partition coefficient (Wildman–Crippen LogP) is 13.3. The molecule has 0 bridgehead atoms. The molecule has 3 nitrogen and oxygen atoms in total. The summed E-state index contributed by atoms with van der Waals surface area (Å²) in [7, 11) is 0. The van der Waals surface area contributed by atoms with Crippen LogP contribution in [0, 0.1) is 0 Å². The first kappa shape index (κ1) is 37.5. The summed E-state index contributed by atoms with van der Waals surface area (Å²) in [5.41, 5.74) is 5.21. The largest absolute Gasteiger partial charge is 0.423 e. The van der Waals surface area contributed by atoms with E-state index < -0.39 is 0 Å². The molecule has 0 aliphatic carbocycles. The summed E-state index contributed by atoms with van der Waals surface area (Å²) in [5.74, 6) is 0.245. The van der Waals surface area contributed by atoms with E-state index in [9.17, 15) is 4.79 Å². The Morgan fingerprint density at radius 3 is 1.50 bits per heavy atom. The third kappa shape index (κ3) is 15.1. The molecule has 0 heterocycles.